The molecular weight excluding hydrogens is 254 g/mol. The smallest absolute Gasteiger partial charge is 0.304 e. The number of carbonyl (C=O) groups is 1. The van der Waals surface area contributed by atoms with Gasteiger partial charge in [-0.2, -0.15) is 4.31 Å². The van der Waals surface area contributed by atoms with E-state index in [2.05, 4.69) is 0 Å². The molecule has 0 radical (unpaired) electrons. The summed E-state index contributed by atoms with van der Waals surface area (Å²) in [6, 6.07) is 0.131. The van der Waals surface area contributed by atoms with E-state index in [1.807, 2.05) is 0 Å². The van der Waals surface area contributed by atoms with E-state index in [1.54, 1.807) is 4.31 Å². The van der Waals surface area contributed by atoms with Gasteiger partial charge in [-0.3, -0.25) is 4.79 Å². The molecule has 2 aliphatic rings. The first-order chi connectivity index (χ1) is 8.50. The molecule has 1 N–H and O–H groups in total. The molecule has 5 nitrogen and oxygen atoms in total. The molecule has 0 aromatic rings. The monoisotopic (exact) mass is 275 g/mol. The van der Waals surface area contributed by atoms with Gasteiger partial charge in [-0.1, -0.05) is 12.8 Å². The average Bonchev–Trinajstić information content (AvgIpc) is 2.36. The van der Waals surface area contributed by atoms with E-state index in [1.165, 1.54) is 6.42 Å². The van der Waals surface area contributed by atoms with E-state index in [-0.39, 0.29) is 18.2 Å². The maximum absolute atomic E-state index is 12.2. The quantitative estimate of drug-likeness (QED) is 0.842. The molecule has 0 unspecified atom stereocenters. The average molecular weight is 275 g/mol. The van der Waals surface area contributed by atoms with Gasteiger partial charge in [0.05, 0.1) is 12.2 Å². The molecule has 1 saturated heterocycles. The highest BCUT2D eigenvalue weighted by atomic mass is 32.2. The van der Waals surface area contributed by atoms with Crippen LogP contribution in [0.3, 0.4) is 0 Å². The fourth-order valence-corrected chi connectivity index (χ4v) is 5.02. The predicted molar refractivity (Wildman–Crippen MR) is 67.7 cm³/mol. The van der Waals surface area contributed by atoms with Crippen molar-refractivity contribution in [3.05, 3.63) is 0 Å². The van der Waals surface area contributed by atoms with Crippen molar-refractivity contribution >= 4 is 16.0 Å². The Morgan fingerprint density at radius 3 is 2.56 bits per heavy atom. The number of piperidine rings is 1. The van der Waals surface area contributed by atoms with Crippen LogP contribution in [0.1, 0.15) is 44.9 Å². The number of hydrogen-bond acceptors (Lipinski definition) is 3. The summed E-state index contributed by atoms with van der Waals surface area (Å²) < 4.78 is 26.0. The van der Waals surface area contributed by atoms with Crippen LogP contribution in [0, 0.1) is 5.92 Å². The summed E-state index contributed by atoms with van der Waals surface area (Å²) in [6.45, 7) is 0.573. The second-order valence-electron chi connectivity index (χ2n) is 5.32. The van der Waals surface area contributed by atoms with Gasteiger partial charge in [-0.05, 0) is 31.6 Å². The Kier molecular flexibility index (Phi) is 4.27. The summed E-state index contributed by atoms with van der Waals surface area (Å²) in [4.78, 5) is 10.5. The van der Waals surface area contributed by atoms with Gasteiger partial charge in [-0.15, -0.1) is 0 Å². The summed E-state index contributed by atoms with van der Waals surface area (Å²) in [5, 5.41) is 8.62. The zero-order valence-corrected chi connectivity index (χ0v) is 11.4. The van der Waals surface area contributed by atoms with Gasteiger partial charge < -0.3 is 5.11 Å². The lowest BCUT2D eigenvalue weighted by Gasteiger charge is -2.43. The van der Waals surface area contributed by atoms with E-state index in [4.69, 9.17) is 5.11 Å². The molecule has 0 spiro atoms. The SMILES string of the molecule is O=C(O)CCS(=O)(=O)N1CCC[C@H]2CCCC[C@H]21. The third-order valence-corrected chi connectivity index (χ3v) is 6.01. The maximum atomic E-state index is 12.2. The van der Waals surface area contributed by atoms with Crippen LogP contribution in [-0.4, -0.2) is 42.1 Å². The molecule has 104 valence electrons. The summed E-state index contributed by atoms with van der Waals surface area (Å²) in [6.07, 6.45) is 6.09. The highest BCUT2D eigenvalue weighted by Crippen LogP contribution is 2.36. The van der Waals surface area contributed by atoms with Crippen molar-refractivity contribution in [3.8, 4) is 0 Å². The van der Waals surface area contributed by atoms with Gasteiger partial charge in [-0.25, -0.2) is 8.42 Å². The van der Waals surface area contributed by atoms with Gasteiger partial charge in [0.25, 0.3) is 0 Å². The first-order valence-corrected chi connectivity index (χ1v) is 8.33. The Balaban J connectivity index is 2.07. The van der Waals surface area contributed by atoms with Crippen molar-refractivity contribution in [2.24, 2.45) is 5.92 Å². The predicted octanol–water partition coefficient (Wildman–Crippen LogP) is 1.45. The summed E-state index contributed by atoms with van der Waals surface area (Å²) >= 11 is 0. The van der Waals surface area contributed by atoms with E-state index < -0.39 is 16.0 Å². The molecule has 6 heteroatoms. The van der Waals surface area contributed by atoms with Crippen LogP contribution in [-0.2, 0) is 14.8 Å². The molecular formula is C12H21NO4S. The summed E-state index contributed by atoms with van der Waals surface area (Å²) in [5.41, 5.74) is 0. The number of carboxylic acids is 1. The van der Waals surface area contributed by atoms with Crippen molar-refractivity contribution < 1.29 is 18.3 Å². The Morgan fingerprint density at radius 2 is 1.83 bits per heavy atom. The minimum atomic E-state index is -3.40. The summed E-state index contributed by atoms with van der Waals surface area (Å²) in [5.74, 6) is -0.811. The van der Waals surface area contributed by atoms with E-state index in [0.29, 0.717) is 12.5 Å². The normalized spacial score (nSPS) is 29.8. The van der Waals surface area contributed by atoms with Gasteiger partial charge in [0.1, 0.15) is 0 Å². The van der Waals surface area contributed by atoms with Crippen molar-refractivity contribution in [2.45, 2.75) is 51.0 Å². The molecule has 0 bridgehead atoms. The lowest BCUT2D eigenvalue weighted by molar-refractivity contribution is -0.136. The second-order valence-corrected chi connectivity index (χ2v) is 7.37. The lowest BCUT2D eigenvalue weighted by Crippen LogP contribution is -2.50. The molecule has 1 aliphatic carbocycles. The molecule has 2 fully saturated rings. The minimum Gasteiger partial charge on any atom is -0.481 e. The van der Waals surface area contributed by atoms with E-state index >= 15 is 0 Å². The van der Waals surface area contributed by atoms with Crippen LogP contribution in [0.15, 0.2) is 0 Å². The van der Waals surface area contributed by atoms with E-state index in [9.17, 15) is 13.2 Å². The first kappa shape index (κ1) is 13.8. The molecule has 18 heavy (non-hydrogen) atoms. The number of fused-ring (bicyclic) bond motifs is 1. The van der Waals surface area contributed by atoms with Crippen molar-refractivity contribution in [1.82, 2.24) is 4.31 Å². The molecule has 2 rings (SSSR count). The molecule has 2 atom stereocenters. The second kappa shape index (κ2) is 5.57. The third kappa shape index (κ3) is 3.03. The highest BCUT2D eigenvalue weighted by molar-refractivity contribution is 7.89. The number of carboxylic acid groups (broad SMARTS) is 1. The lowest BCUT2D eigenvalue weighted by atomic mass is 9.79. The molecule has 0 amide bonds. The van der Waals surface area contributed by atoms with Crippen molar-refractivity contribution in [3.63, 3.8) is 0 Å². The topological polar surface area (TPSA) is 74.7 Å². The van der Waals surface area contributed by atoms with Crippen LogP contribution >= 0.6 is 0 Å². The Morgan fingerprint density at radius 1 is 1.17 bits per heavy atom. The number of aliphatic carboxylic acids is 1. The Labute approximate surface area is 108 Å². The molecule has 1 aliphatic heterocycles. The van der Waals surface area contributed by atoms with Gasteiger partial charge in [0.15, 0.2) is 0 Å². The highest BCUT2D eigenvalue weighted by Gasteiger charge is 2.39. The van der Waals surface area contributed by atoms with Crippen LogP contribution in [0.2, 0.25) is 0 Å². The standard InChI is InChI=1S/C12H21NO4S/c14-12(15)7-9-18(16,17)13-8-3-5-10-4-1-2-6-11(10)13/h10-11H,1-9H2,(H,14,15)/t10-,11-/m1/s1. The minimum absolute atomic E-state index is 0.131. The van der Waals surface area contributed by atoms with E-state index in [0.717, 1.165) is 32.1 Å². The zero-order valence-electron chi connectivity index (χ0n) is 10.5. The largest absolute Gasteiger partial charge is 0.481 e. The van der Waals surface area contributed by atoms with Gasteiger partial charge in [0, 0.05) is 12.6 Å². The van der Waals surface area contributed by atoms with Gasteiger partial charge in [0.2, 0.25) is 10.0 Å². The molecule has 1 saturated carbocycles. The van der Waals surface area contributed by atoms with Crippen molar-refractivity contribution in [1.29, 1.82) is 0 Å². The Bertz CT molecular complexity index is 404. The Hall–Kier alpha value is -0.620. The number of nitrogens with zero attached hydrogens (tertiary/aromatic N) is 1. The number of hydrogen-bond donors (Lipinski definition) is 1. The van der Waals surface area contributed by atoms with Crippen molar-refractivity contribution in [2.75, 3.05) is 12.3 Å². The molecule has 0 aromatic heterocycles. The van der Waals surface area contributed by atoms with Gasteiger partial charge >= 0.3 is 5.97 Å². The fraction of sp³-hybridized carbons (Fsp3) is 0.917. The fourth-order valence-electron chi connectivity index (χ4n) is 3.26. The maximum Gasteiger partial charge on any atom is 0.304 e. The number of rotatable bonds is 4. The van der Waals surface area contributed by atoms with Crippen LogP contribution in [0.25, 0.3) is 0 Å². The number of sulfonamides is 1. The third-order valence-electron chi connectivity index (χ3n) is 4.12. The van der Waals surface area contributed by atoms with Crippen LogP contribution in [0.4, 0.5) is 0 Å². The van der Waals surface area contributed by atoms with Crippen LogP contribution < -0.4 is 0 Å². The molecule has 0 aromatic carbocycles. The van der Waals surface area contributed by atoms with Crippen LogP contribution in [0.5, 0.6) is 0 Å². The summed E-state index contributed by atoms with van der Waals surface area (Å²) in [7, 11) is -3.40. The molecule has 1 heterocycles. The first-order valence-electron chi connectivity index (χ1n) is 6.72. The zero-order chi connectivity index (χ0) is 13.2.